The normalized spacial score (nSPS) is 22.3. The Morgan fingerprint density at radius 2 is 1.57 bits per heavy atom. The molecule has 1 aliphatic rings. The molecule has 0 bridgehead atoms. The Balaban J connectivity index is 1.61. The molecule has 3 nitrogen and oxygen atoms in total. The predicted molar refractivity (Wildman–Crippen MR) is 88.3 cm³/mol. The van der Waals surface area contributed by atoms with Gasteiger partial charge in [-0.25, -0.2) is 0 Å². The van der Waals surface area contributed by atoms with E-state index in [-0.39, 0.29) is 6.17 Å². The van der Waals surface area contributed by atoms with Crippen LogP contribution in [0.25, 0.3) is 0 Å². The molecular weight excluding hydrogens is 260 g/mol. The van der Waals surface area contributed by atoms with Crippen LogP contribution < -0.4 is 10.6 Å². The largest absolute Gasteiger partial charge is 0.508 e. The molecule has 1 fully saturated rings. The Kier molecular flexibility index (Phi) is 7.04. The maximum atomic E-state index is 9.33. The second-order valence-electron chi connectivity index (χ2n) is 6.26. The maximum Gasteiger partial charge on any atom is 0.115 e. The van der Waals surface area contributed by atoms with Crippen molar-refractivity contribution in [2.24, 2.45) is 5.92 Å². The van der Waals surface area contributed by atoms with Gasteiger partial charge in [0.15, 0.2) is 0 Å². The first-order valence-corrected chi connectivity index (χ1v) is 8.55. The summed E-state index contributed by atoms with van der Waals surface area (Å²) in [7, 11) is 0. The third-order valence-corrected chi connectivity index (χ3v) is 4.41. The van der Waals surface area contributed by atoms with Crippen LogP contribution in [0.5, 0.6) is 5.75 Å². The number of rotatable bonds is 8. The van der Waals surface area contributed by atoms with Crippen molar-refractivity contribution < 1.29 is 5.11 Å². The summed E-state index contributed by atoms with van der Waals surface area (Å²) >= 11 is 0. The average Bonchev–Trinajstić information content (AvgIpc) is 2.52. The van der Waals surface area contributed by atoms with Crippen LogP contribution in [0.15, 0.2) is 24.3 Å². The Labute approximate surface area is 129 Å². The summed E-state index contributed by atoms with van der Waals surface area (Å²) < 4.78 is 0. The van der Waals surface area contributed by atoms with Crippen LogP contribution in [0.3, 0.4) is 0 Å². The highest BCUT2D eigenvalue weighted by Gasteiger charge is 2.20. The minimum Gasteiger partial charge on any atom is -0.508 e. The van der Waals surface area contributed by atoms with E-state index < -0.39 is 0 Å². The van der Waals surface area contributed by atoms with Gasteiger partial charge in [0.05, 0.1) is 6.17 Å². The lowest BCUT2D eigenvalue weighted by atomic mass is 9.97. The summed E-state index contributed by atoms with van der Waals surface area (Å²) in [6.45, 7) is 4.45. The molecule has 0 aromatic heterocycles. The van der Waals surface area contributed by atoms with Gasteiger partial charge < -0.3 is 5.11 Å². The fourth-order valence-corrected chi connectivity index (χ4v) is 3.03. The molecule has 1 saturated heterocycles. The van der Waals surface area contributed by atoms with E-state index in [0.717, 1.165) is 19.0 Å². The quantitative estimate of drug-likeness (QED) is 0.635. The minimum absolute atomic E-state index is 0.228. The van der Waals surface area contributed by atoms with Crippen LogP contribution in [0.2, 0.25) is 0 Å². The van der Waals surface area contributed by atoms with E-state index in [1.165, 1.54) is 50.5 Å². The lowest BCUT2D eigenvalue weighted by molar-refractivity contribution is 0.282. The van der Waals surface area contributed by atoms with Crippen molar-refractivity contribution in [3.05, 3.63) is 29.8 Å². The van der Waals surface area contributed by atoms with Gasteiger partial charge in [-0.3, -0.25) is 10.6 Å². The topological polar surface area (TPSA) is 44.3 Å². The number of aromatic hydroxyl groups is 1. The van der Waals surface area contributed by atoms with Gasteiger partial charge in [-0.2, -0.15) is 0 Å². The smallest absolute Gasteiger partial charge is 0.115 e. The van der Waals surface area contributed by atoms with Crippen LogP contribution in [-0.4, -0.2) is 18.2 Å². The van der Waals surface area contributed by atoms with Gasteiger partial charge in [-0.15, -0.1) is 0 Å². The van der Waals surface area contributed by atoms with Crippen molar-refractivity contribution in [3.8, 4) is 5.75 Å². The first-order chi connectivity index (χ1) is 10.3. The number of benzene rings is 1. The molecule has 0 amide bonds. The van der Waals surface area contributed by atoms with Crippen LogP contribution >= 0.6 is 0 Å². The molecule has 1 aromatic carbocycles. The first kappa shape index (κ1) is 16.3. The molecule has 118 valence electrons. The van der Waals surface area contributed by atoms with Crippen molar-refractivity contribution in [1.82, 2.24) is 10.6 Å². The second kappa shape index (κ2) is 9.06. The van der Waals surface area contributed by atoms with Crippen LogP contribution in [0.4, 0.5) is 0 Å². The molecule has 0 atom stereocenters. The zero-order valence-corrected chi connectivity index (χ0v) is 13.3. The van der Waals surface area contributed by atoms with Crippen molar-refractivity contribution in [2.75, 3.05) is 13.1 Å². The third-order valence-electron chi connectivity index (χ3n) is 4.41. The second-order valence-corrected chi connectivity index (χ2v) is 6.26. The molecule has 0 saturated carbocycles. The monoisotopic (exact) mass is 290 g/mol. The number of phenols is 1. The van der Waals surface area contributed by atoms with Gasteiger partial charge in [0.25, 0.3) is 0 Å². The number of unbranched alkanes of at least 4 members (excludes halogenated alkanes) is 5. The van der Waals surface area contributed by atoms with Crippen molar-refractivity contribution >= 4 is 0 Å². The van der Waals surface area contributed by atoms with E-state index in [0.29, 0.717) is 5.75 Å². The molecule has 1 heterocycles. The fourth-order valence-electron chi connectivity index (χ4n) is 3.03. The third kappa shape index (κ3) is 5.68. The Hall–Kier alpha value is -1.06. The van der Waals surface area contributed by atoms with Gasteiger partial charge >= 0.3 is 0 Å². The lowest BCUT2D eigenvalue weighted by Crippen LogP contribution is -2.46. The first-order valence-electron chi connectivity index (χ1n) is 8.55. The molecule has 3 heteroatoms. The van der Waals surface area contributed by atoms with Gasteiger partial charge in [-0.05, 0) is 30.0 Å². The minimum atomic E-state index is 0.228. The molecule has 0 spiro atoms. The van der Waals surface area contributed by atoms with Gasteiger partial charge in [0.1, 0.15) is 5.75 Å². The van der Waals surface area contributed by atoms with Crippen LogP contribution in [0, 0.1) is 5.92 Å². The van der Waals surface area contributed by atoms with E-state index in [9.17, 15) is 5.11 Å². The molecular formula is C18H30N2O. The van der Waals surface area contributed by atoms with E-state index in [1.807, 2.05) is 12.1 Å². The molecule has 0 unspecified atom stereocenters. The fraction of sp³-hybridized carbons (Fsp3) is 0.667. The van der Waals surface area contributed by atoms with Crippen molar-refractivity contribution in [3.63, 3.8) is 0 Å². The molecule has 1 aliphatic heterocycles. The Morgan fingerprint density at radius 1 is 0.952 bits per heavy atom. The number of hydrogen-bond donors (Lipinski definition) is 3. The van der Waals surface area contributed by atoms with Crippen LogP contribution in [-0.2, 0) is 0 Å². The highest BCUT2D eigenvalue weighted by molar-refractivity contribution is 5.27. The molecule has 21 heavy (non-hydrogen) atoms. The highest BCUT2D eigenvalue weighted by atomic mass is 16.3. The molecule has 2 rings (SSSR count). The lowest BCUT2D eigenvalue weighted by Gasteiger charge is -2.31. The Bertz CT molecular complexity index is 383. The predicted octanol–water partition coefficient (Wildman–Crippen LogP) is 3.95. The average molecular weight is 290 g/mol. The van der Waals surface area contributed by atoms with Crippen LogP contribution in [0.1, 0.15) is 63.6 Å². The Morgan fingerprint density at radius 3 is 2.24 bits per heavy atom. The SMILES string of the molecule is CCCCCCCCC1CNC(c2ccc(O)cc2)NC1. The molecule has 3 N–H and O–H groups in total. The summed E-state index contributed by atoms with van der Waals surface area (Å²) in [6, 6.07) is 7.46. The van der Waals surface area contributed by atoms with Gasteiger partial charge in [0, 0.05) is 13.1 Å². The van der Waals surface area contributed by atoms with E-state index in [2.05, 4.69) is 17.6 Å². The summed E-state index contributed by atoms with van der Waals surface area (Å²) in [6.07, 6.45) is 9.83. The van der Waals surface area contributed by atoms with Gasteiger partial charge in [0.2, 0.25) is 0 Å². The number of nitrogens with one attached hydrogen (secondary N) is 2. The summed E-state index contributed by atoms with van der Waals surface area (Å²) in [4.78, 5) is 0. The van der Waals surface area contributed by atoms with Crippen molar-refractivity contribution in [1.29, 1.82) is 0 Å². The van der Waals surface area contributed by atoms with Gasteiger partial charge in [-0.1, -0.05) is 57.6 Å². The summed E-state index contributed by atoms with van der Waals surface area (Å²) in [5.74, 6) is 1.08. The number of hydrogen-bond acceptors (Lipinski definition) is 3. The standard InChI is InChI=1S/C18H30N2O/c1-2-3-4-5-6-7-8-15-13-19-18(20-14-15)16-9-11-17(21)12-10-16/h9-12,15,18-21H,2-8,13-14H2,1H3. The zero-order valence-electron chi connectivity index (χ0n) is 13.3. The van der Waals surface area contributed by atoms with E-state index in [1.54, 1.807) is 12.1 Å². The summed E-state index contributed by atoms with van der Waals surface area (Å²) in [5, 5.41) is 16.5. The maximum absolute atomic E-state index is 9.33. The molecule has 0 aliphatic carbocycles. The van der Waals surface area contributed by atoms with Crippen molar-refractivity contribution in [2.45, 2.75) is 58.0 Å². The zero-order chi connectivity index (χ0) is 14.9. The van der Waals surface area contributed by atoms with E-state index >= 15 is 0 Å². The van der Waals surface area contributed by atoms with E-state index in [4.69, 9.17) is 0 Å². The number of phenolic OH excluding ortho intramolecular Hbond substituents is 1. The summed E-state index contributed by atoms with van der Waals surface area (Å²) in [5.41, 5.74) is 1.20. The highest BCUT2D eigenvalue weighted by Crippen LogP contribution is 2.20. The molecule has 1 aromatic rings. The molecule has 0 radical (unpaired) electrons.